The number of primary amides is 2. The van der Waals surface area contributed by atoms with Gasteiger partial charge in [-0.15, -0.1) is 0 Å². The molecule has 41 nitrogen and oxygen atoms in total. The first-order valence-electron chi connectivity index (χ1n) is 47.3. The number of ketones is 4. The standard InChI is InChI=1S/C98H144N18O23/c1-53(2)45-66-52-103-70(39-41-76(99)120)82(126)81(125)57(7)105-88(132)75(49-65-51-102-69-34-28-27-33-68(65)69)110-89(133)73(48-64-35-37-67(119)38-36-64)109-87(131)71(40-42-77(121)122)112-95(139)98(16,116-91(135)74(47-63-31-25-24-26-32-63)111-92(136)78(61(11)117)113-90(134)72(46-54(3)4)108-62(12)118)44-30-23-21-19-17-18-20-22-29-43-97(15,115-86(66)130)94(138)107-60(10)85(129)114-96(13,14)93(137)106-58(8)80(124)79(123)56(6)104-84(128)59(9)101-50-55(5)83(100)127/h18,20,24-28,31-38,51,53-61,66,70-75,78,101-103,117,119H,17,19,21-23,29-30,39-50,52H2,1-16H3,(H2,99,120)(H2,100,127)(H,104,128)(H,105,132)(H,106,137)(H,107,138)(H,108,118)(H,109,131)(H,110,133)(H,111,136)(H,112,139)(H,113,134)(H,114,129)(H,115,130)(H,116,135)(H,121,122)/b20-18+/t55-,56-,57?,58-,59?,60-,61+,66+,70-,71-,72-,73?,74-,75-,78-,97-,98+/m0/s1. The summed E-state index contributed by atoms with van der Waals surface area (Å²) in [4.78, 5) is 285. The Bertz CT molecular complexity index is 5020. The van der Waals surface area contributed by atoms with Gasteiger partial charge in [0.15, 0.2) is 0 Å². The molecule has 0 bridgehead atoms. The number of rotatable bonds is 39. The number of amides is 15. The number of nitrogens with one attached hydrogen (secondary N) is 16. The van der Waals surface area contributed by atoms with Gasteiger partial charge in [0.05, 0.1) is 42.2 Å². The Morgan fingerprint density at radius 3 is 1.75 bits per heavy atom. The minimum atomic E-state index is -2.08. The Hall–Kier alpha value is -13.2. The number of H-pyrrole nitrogens is 1. The summed E-state index contributed by atoms with van der Waals surface area (Å²) in [5, 5.41) is 72.1. The van der Waals surface area contributed by atoms with Crippen molar-refractivity contribution < 1.29 is 111 Å². The zero-order valence-electron chi connectivity index (χ0n) is 82.4. The van der Waals surface area contributed by atoms with E-state index in [1.54, 1.807) is 95.4 Å². The molecule has 0 saturated heterocycles. The van der Waals surface area contributed by atoms with Crippen LogP contribution in [0.2, 0.25) is 0 Å². The molecule has 0 saturated carbocycles. The number of carboxylic acid groups (broad SMARTS) is 1. The maximum absolute atomic E-state index is 15.6. The van der Waals surface area contributed by atoms with Crippen LogP contribution >= 0.6 is 0 Å². The van der Waals surface area contributed by atoms with E-state index < -0.39 is 257 Å². The highest BCUT2D eigenvalue weighted by molar-refractivity contribution is 6.42. The van der Waals surface area contributed by atoms with Crippen LogP contribution in [-0.4, -0.2) is 246 Å². The van der Waals surface area contributed by atoms with Crippen LogP contribution in [0.5, 0.6) is 5.75 Å². The number of hydrogen-bond donors (Lipinski definition) is 21. The van der Waals surface area contributed by atoms with Gasteiger partial charge in [-0.3, -0.25) is 95.9 Å². The molecule has 17 atom stereocenters. The third kappa shape index (κ3) is 38.3. The van der Waals surface area contributed by atoms with E-state index in [2.05, 4.69) is 84.7 Å². The molecular formula is C98H144N18O23. The van der Waals surface area contributed by atoms with Crippen LogP contribution in [0.25, 0.3) is 10.9 Å². The maximum atomic E-state index is 15.6. The quantitative estimate of drug-likeness (QED) is 0.0220. The molecule has 0 aliphatic carbocycles. The van der Waals surface area contributed by atoms with Crippen LogP contribution in [0.15, 0.2) is 97.2 Å². The SMILES string of the molecule is CC(=O)N[C@@H](CC(C)C)C(=O)N[C@H](C(=O)N[C@@H](Cc1ccccc1)C(=O)N[C@]1(C)CCCCCC/C=C/CCC[C@@](C)(C(=O)N[C@@H](C)C(=O)NC(C)(C)C(=O)N[C@@H](C)C(=O)C(=O)[C@H](C)NC(=O)C(C)NC[C@H](C)C(N)=O)NC(=O)[C@H](CC(C)C)CN[C@@H](CCC(N)=O)C(=O)C(=O)C(C)NC(=O)[C@H](Cc2c[nH]c3ccccc23)NC(=O)C(Cc2ccc(O)cc2)NC(=O)[C@H](CCC(=O)O)NC1=O)[C@@H](C)O. The lowest BCUT2D eigenvalue weighted by molar-refractivity contribution is -0.141. The number of carbonyl (C=O) groups is 20. The van der Waals surface area contributed by atoms with Gasteiger partial charge in [0.2, 0.25) is 112 Å². The number of phenolic OH excluding ortho intramolecular Hbond substituents is 1. The molecule has 0 spiro atoms. The first kappa shape index (κ1) is 116. The van der Waals surface area contributed by atoms with Gasteiger partial charge in [0.1, 0.15) is 64.7 Å². The van der Waals surface area contributed by atoms with E-state index in [0.29, 0.717) is 59.7 Å². The predicted octanol–water partition coefficient (Wildman–Crippen LogP) is 1.13. The molecule has 0 radical (unpaired) electrons. The van der Waals surface area contributed by atoms with Crippen LogP contribution in [0.3, 0.4) is 0 Å². The van der Waals surface area contributed by atoms with Crippen LogP contribution in [0.4, 0.5) is 0 Å². The second-order valence-electron chi connectivity index (χ2n) is 38.0. The van der Waals surface area contributed by atoms with Crippen molar-refractivity contribution in [2.75, 3.05) is 13.1 Å². The molecule has 1 aliphatic rings. The Morgan fingerprint density at radius 1 is 0.554 bits per heavy atom. The molecule has 3 unspecified atom stereocenters. The first-order valence-corrected chi connectivity index (χ1v) is 47.3. The summed E-state index contributed by atoms with van der Waals surface area (Å²) in [6, 6.07) is 2.38. The van der Waals surface area contributed by atoms with E-state index in [0.717, 1.165) is 0 Å². The van der Waals surface area contributed by atoms with Crippen LogP contribution in [0.1, 0.15) is 224 Å². The third-order valence-electron chi connectivity index (χ3n) is 24.0. The average molecular weight is 1940 g/mol. The molecule has 764 valence electrons. The highest BCUT2D eigenvalue weighted by Gasteiger charge is 2.45. The molecule has 15 amide bonds. The second kappa shape index (κ2) is 55.4. The zero-order valence-corrected chi connectivity index (χ0v) is 82.4. The van der Waals surface area contributed by atoms with E-state index in [4.69, 9.17) is 11.5 Å². The molecule has 0 fully saturated rings. The second-order valence-corrected chi connectivity index (χ2v) is 38.0. The normalized spacial score (nSPS) is 21.8. The van der Waals surface area contributed by atoms with Crippen molar-refractivity contribution in [3.05, 3.63) is 114 Å². The Labute approximate surface area is 810 Å². The number of phenols is 1. The van der Waals surface area contributed by atoms with E-state index in [9.17, 15) is 77.6 Å². The number of allylic oxidation sites excluding steroid dienone is 2. The van der Waals surface area contributed by atoms with Crippen molar-refractivity contribution in [1.29, 1.82) is 0 Å². The lowest BCUT2D eigenvalue weighted by Crippen LogP contribution is -2.65. The third-order valence-corrected chi connectivity index (χ3v) is 24.0. The first-order chi connectivity index (χ1) is 65.1. The number of fused-ring (bicyclic) bond motifs is 1. The average Bonchev–Trinajstić information content (AvgIpc) is 1.30. The van der Waals surface area contributed by atoms with E-state index in [-0.39, 0.29) is 82.0 Å². The lowest BCUT2D eigenvalue weighted by atomic mass is 9.89. The molecule has 23 N–H and O–H groups in total. The number of aromatic nitrogens is 1. The van der Waals surface area contributed by atoms with Gasteiger partial charge in [-0.25, -0.2) is 0 Å². The van der Waals surface area contributed by atoms with Crippen LogP contribution in [0, 0.1) is 23.7 Å². The van der Waals surface area contributed by atoms with Gasteiger partial charge < -0.3 is 112 Å². The molecule has 139 heavy (non-hydrogen) atoms. The number of carboxylic acids is 1. The molecule has 1 aromatic heterocycles. The Kier molecular flexibility index (Phi) is 46.4. The van der Waals surface area contributed by atoms with Gasteiger partial charge in [-0.1, -0.05) is 127 Å². The summed E-state index contributed by atoms with van der Waals surface area (Å²) in [6.45, 7) is 22.6. The van der Waals surface area contributed by atoms with Crippen molar-refractivity contribution in [3.8, 4) is 5.75 Å². The molecule has 3 aromatic carbocycles. The van der Waals surface area contributed by atoms with Gasteiger partial charge in [0.25, 0.3) is 0 Å². The number of aliphatic hydroxyl groups excluding tert-OH is 1. The summed E-state index contributed by atoms with van der Waals surface area (Å²) >= 11 is 0. The Balaban J connectivity index is 1.60. The smallest absolute Gasteiger partial charge is 0.303 e. The van der Waals surface area contributed by atoms with Crippen LogP contribution < -0.4 is 91.2 Å². The number of aliphatic carboxylic acids is 1. The molecular weight excluding hydrogens is 1800 g/mol. The monoisotopic (exact) mass is 1940 g/mol. The lowest BCUT2D eigenvalue weighted by Gasteiger charge is -2.34. The van der Waals surface area contributed by atoms with Gasteiger partial charge in [-0.2, -0.15) is 0 Å². The summed E-state index contributed by atoms with van der Waals surface area (Å²) < 4.78 is 0. The summed E-state index contributed by atoms with van der Waals surface area (Å²) in [5.74, 6) is -21.8. The number of aliphatic hydroxyl groups is 1. The summed E-state index contributed by atoms with van der Waals surface area (Å²) in [5.41, 5.74) is 6.99. The highest BCUT2D eigenvalue weighted by atomic mass is 16.4. The number of benzene rings is 3. The van der Waals surface area contributed by atoms with Crippen molar-refractivity contribution in [1.82, 2.24) is 84.7 Å². The molecule has 41 heteroatoms. The van der Waals surface area contributed by atoms with Gasteiger partial charge in [-0.05, 0) is 180 Å². The fourth-order valence-corrected chi connectivity index (χ4v) is 15.5. The topological polar surface area (TPSA) is 650 Å². The minimum absolute atomic E-state index is 0.0439. The number of Topliss-reactive ketones (excluding diaryl/α,β-unsaturated/α-hetero) is 4. The van der Waals surface area contributed by atoms with Crippen molar-refractivity contribution in [2.24, 2.45) is 35.1 Å². The molecule has 4 aromatic rings. The molecule has 1 aliphatic heterocycles. The van der Waals surface area contributed by atoms with Gasteiger partial charge >= 0.3 is 5.97 Å². The predicted molar refractivity (Wildman–Crippen MR) is 515 cm³/mol. The number of nitrogens with two attached hydrogens (primary N) is 2. The maximum Gasteiger partial charge on any atom is 0.303 e. The minimum Gasteiger partial charge on any atom is -0.508 e. The Morgan fingerprint density at radius 2 is 1.14 bits per heavy atom. The number of aromatic hydroxyl groups is 1. The van der Waals surface area contributed by atoms with Crippen LogP contribution in [-0.2, 0) is 115 Å². The van der Waals surface area contributed by atoms with Crippen molar-refractivity contribution >= 4 is 129 Å². The zero-order chi connectivity index (χ0) is 104. The van der Waals surface area contributed by atoms with Gasteiger partial charge in [0, 0.05) is 75.1 Å². The molecule has 2 heterocycles. The van der Waals surface area contributed by atoms with Crippen molar-refractivity contribution in [2.45, 2.75) is 322 Å². The van der Waals surface area contributed by atoms with E-state index in [1.807, 2.05) is 12.2 Å². The van der Waals surface area contributed by atoms with E-state index in [1.165, 1.54) is 100 Å². The number of para-hydroxylation sites is 1. The summed E-state index contributed by atoms with van der Waals surface area (Å²) in [6.07, 6.45) is 2.81. The number of hydrogen-bond acceptors (Lipinski definition) is 24. The fraction of sp³-hybridized carbons (Fsp3) is 0.571. The largest absolute Gasteiger partial charge is 0.508 e. The molecule has 5 rings (SSSR count). The fourth-order valence-electron chi connectivity index (χ4n) is 15.5. The number of aromatic amines is 1. The number of carbonyl (C=O) groups excluding carboxylic acids is 19. The summed E-state index contributed by atoms with van der Waals surface area (Å²) in [7, 11) is 0. The van der Waals surface area contributed by atoms with E-state index >= 15 is 33.6 Å². The van der Waals surface area contributed by atoms with Crippen molar-refractivity contribution in [3.63, 3.8) is 0 Å². The highest BCUT2D eigenvalue weighted by Crippen LogP contribution is 2.26.